The number of piperidine rings is 1. The standard InChI is InChI=1S/C24H24FN3O3/c1-2-4-19(16-5-3-6-18-21(16)24(30)26-23(18)29)28-11-9-14(10-12-28)22-17-8-7-15(25)13-20(17)31-27-22/h3,5-8,13-14,19H,2,4,9-12H2,1H3,(H,26,29,30). The number of fused-ring (bicyclic) bond motifs is 2. The lowest BCUT2D eigenvalue weighted by Gasteiger charge is -2.38. The first-order valence-electron chi connectivity index (χ1n) is 10.8. The molecule has 2 aliphatic rings. The number of amides is 2. The highest BCUT2D eigenvalue weighted by atomic mass is 19.1. The van der Waals surface area contributed by atoms with Gasteiger partial charge in [-0.2, -0.15) is 0 Å². The summed E-state index contributed by atoms with van der Waals surface area (Å²) in [4.78, 5) is 27.0. The molecule has 1 atom stereocenters. The Hall–Kier alpha value is -3.06. The summed E-state index contributed by atoms with van der Waals surface area (Å²) < 4.78 is 18.8. The average molecular weight is 421 g/mol. The molecule has 1 N–H and O–H groups in total. The first-order chi connectivity index (χ1) is 15.1. The minimum Gasteiger partial charge on any atom is -0.356 e. The minimum atomic E-state index is -0.328. The zero-order valence-electron chi connectivity index (χ0n) is 17.4. The second kappa shape index (κ2) is 7.89. The van der Waals surface area contributed by atoms with Gasteiger partial charge in [-0.25, -0.2) is 4.39 Å². The van der Waals surface area contributed by atoms with Crippen LogP contribution in [-0.2, 0) is 0 Å². The Bertz CT molecular complexity index is 1160. The van der Waals surface area contributed by atoms with Gasteiger partial charge in [0.1, 0.15) is 5.82 Å². The molecule has 0 aliphatic carbocycles. The quantitative estimate of drug-likeness (QED) is 0.611. The zero-order valence-corrected chi connectivity index (χ0v) is 17.4. The van der Waals surface area contributed by atoms with Gasteiger partial charge in [-0.15, -0.1) is 0 Å². The van der Waals surface area contributed by atoms with Gasteiger partial charge < -0.3 is 4.52 Å². The van der Waals surface area contributed by atoms with Crippen LogP contribution in [0, 0.1) is 5.82 Å². The second-order valence-electron chi connectivity index (χ2n) is 8.38. The van der Waals surface area contributed by atoms with E-state index in [1.165, 1.54) is 12.1 Å². The lowest BCUT2D eigenvalue weighted by molar-refractivity contribution is 0.0877. The number of carbonyl (C=O) groups is 2. The van der Waals surface area contributed by atoms with Crippen molar-refractivity contribution in [3.05, 3.63) is 64.6 Å². The van der Waals surface area contributed by atoms with Crippen molar-refractivity contribution in [2.75, 3.05) is 13.1 Å². The number of aromatic nitrogens is 1. The summed E-state index contributed by atoms with van der Waals surface area (Å²) in [5.41, 5.74) is 3.31. The van der Waals surface area contributed by atoms with E-state index < -0.39 is 0 Å². The van der Waals surface area contributed by atoms with Crippen molar-refractivity contribution >= 4 is 22.8 Å². The highest BCUT2D eigenvalue weighted by molar-refractivity contribution is 6.22. The molecular weight excluding hydrogens is 397 g/mol. The number of benzene rings is 2. The van der Waals surface area contributed by atoms with Crippen LogP contribution in [0.15, 0.2) is 40.9 Å². The van der Waals surface area contributed by atoms with Crippen molar-refractivity contribution in [3.8, 4) is 0 Å². The van der Waals surface area contributed by atoms with Crippen LogP contribution in [0.5, 0.6) is 0 Å². The third-order valence-corrected chi connectivity index (χ3v) is 6.54. The highest BCUT2D eigenvalue weighted by Crippen LogP contribution is 2.38. The van der Waals surface area contributed by atoms with Gasteiger partial charge in [0.15, 0.2) is 5.58 Å². The molecule has 6 nitrogen and oxygen atoms in total. The van der Waals surface area contributed by atoms with E-state index in [0.29, 0.717) is 16.7 Å². The number of imide groups is 1. The molecule has 0 radical (unpaired) electrons. The van der Waals surface area contributed by atoms with E-state index in [4.69, 9.17) is 4.52 Å². The molecule has 5 rings (SSSR count). The molecule has 1 saturated heterocycles. The molecule has 7 heteroatoms. The largest absolute Gasteiger partial charge is 0.356 e. The summed E-state index contributed by atoms with van der Waals surface area (Å²) in [5, 5.41) is 7.54. The van der Waals surface area contributed by atoms with Gasteiger partial charge in [-0.3, -0.25) is 19.8 Å². The number of hydrogen-bond donors (Lipinski definition) is 1. The Labute approximate surface area is 179 Å². The van der Waals surface area contributed by atoms with Crippen molar-refractivity contribution in [1.29, 1.82) is 0 Å². The summed E-state index contributed by atoms with van der Waals surface area (Å²) in [6, 6.07) is 10.2. The number of carbonyl (C=O) groups excluding carboxylic acids is 2. The number of rotatable bonds is 5. The number of nitrogens with one attached hydrogen (secondary N) is 1. The highest BCUT2D eigenvalue weighted by Gasteiger charge is 2.35. The van der Waals surface area contributed by atoms with E-state index in [1.54, 1.807) is 12.1 Å². The zero-order chi connectivity index (χ0) is 21.5. The lowest BCUT2D eigenvalue weighted by atomic mass is 9.88. The molecule has 160 valence electrons. The first kappa shape index (κ1) is 19.9. The third-order valence-electron chi connectivity index (χ3n) is 6.54. The number of hydrogen-bond acceptors (Lipinski definition) is 5. The molecule has 2 aliphatic heterocycles. The Morgan fingerprint density at radius 1 is 1.19 bits per heavy atom. The molecule has 2 amide bonds. The Morgan fingerprint density at radius 3 is 2.77 bits per heavy atom. The number of likely N-dealkylation sites (tertiary alicyclic amines) is 1. The lowest BCUT2D eigenvalue weighted by Crippen LogP contribution is -2.37. The van der Waals surface area contributed by atoms with Gasteiger partial charge in [0.25, 0.3) is 11.8 Å². The van der Waals surface area contributed by atoms with Crippen LogP contribution in [0.4, 0.5) is 4.39 Å². The molecule has 1 fully saturated rings. The Kier molecular flexibility index (Phi) is 5.06. The molecule has 31 heavy (non-hydrogen) atoms. The van der Waals surface area contributed by atoms with Crippen LogP contribution in [0.3, 0.4) is 0 Å². The summed E-state index contributed by atoms with van der Waals surface area (Å²) in [6.45, 7) is 3.84. The van der Waals surface area contributed by atoms with Crippen LogP contribution < -0.4 is 5.32 Å². The summed E-state index contributed by atoms with van der Waals surface area (Å²) in [5.74, 6) is -0.694. The van der Waals surface area contributed by atoms with Crippen LogP contribution in [-0.4, -0.2) is 35.0 Å². The first-order valence-corrected chi connectivity index (χ1v) is 10.8. The van der Waals surface area contributed by atoms with Crippen LogP contribution in [0.1, 0.15) is 76.5 Å². The number of halogens is 1. The molecule has 3 heterocycles. The van der Waals surface area contributed by atoms with Crippen molar-refractivity contribution < 1.29 is 18.5 Å². The Morgan fingerprint density at radius 2 is 2.00 bits per heavy atom. The van der Waals surface area contributed by atoms with Crippen LogP contribution in [0.25, 0.3) is 11.0 Å². The van der Waals surface area contributed by atoms with Gasteiger partial charge in [0, 0.05) is 23.4 Å². The molecule has 0 spiro atoms. The van der Waals surface area contributed by atoms with Gasteiger partial charge in [-0.05, 0) is 56.1 Å². The van der Waals surface area contributed by atoms with Gasteiger partial charge in [-0.1, -0.05) is 30.6 Å². The molecule has 1 unspecified atom stereocenters. The van der Waals surface area contributed by atoms with Gasteiger partial charge in [0.05, 0.1) is 16.8 Å². The molecule has 0 bridgehead atoms. The fraction of sp³-hybridized carbons (Fsp3) is 0.375. The molecule has 2 aromatic carbocycles. The second-order valence-corrected chi connectivity index (χ2v) is 8.38. The van der Waals surface area contributed by atoms with E-state index in [9.17, 15) is 14.0 Å². The van der Waals surface area contributed by atoms with E-state index in [1.807, 2.05) is 12.1 Å². The normalized spacial score (nSPS) is 18.4. The Balaban J connectivity index is 1.39. The average Bonchev–Trinajstić information content (AvgIpc) is 3.32. The van der Waals surface area contributed by atoms with E-state index in [0.717, 1.165) is 55.4 Å². The monoisotopic (exact) mass is 421 g/mol. The third kappa shape index (κ3) is 3.43. The molecule has 0 saturated carbocycles. The van der Waals surface area contributed by atoms with Gasteiger partial charge >= 0.3 is 0 Å². The van der Waals surface area contributed by atoms with Crippen molar-refractivity contribution in [2.45, 2.75) is 44.6 Å². The summed E-state index contributed by atoms with van der Waals surface area (Å²) >= 11 is 0. The summed E-state index contributed by atoms with van der Waals surface area (Å²) in [6.07, 6.45) is 3.69. The van der Waals surface area contributed by atoms with E-state index in [2.05, 4.69) is 22.3 Å². The molecule has 1 aromatic heterocycles. The molecular formula is C24H24FN3O3. The van der Waals surface area contributed by atoms with Crippen LogP contribution >= 0.6 is 0 Å². The van der Waals surface area contributed by atoms with Crippen molar-refractivity contribution in [2.24, 2.45) is 0 Å². The van der Waals surface area contributed by atoms with Crippen molar-refractivity contribution in [3.63, 3.8) is 0 Å². The predicted octanol–water partition coefficient (Wildman–Crippen LogP) is 4.57. The maximum absolute atomic E-state index is 13.5. The van der Waals surface area contributed by atoms with Gasteiger partial charge in [0.2, 0.25) is 0 Å². The summed E-state index contributed by atoms with van der Waals surface area (Å²) in [7, 11) is 0. The predicted molar refractivity (Wildman–Crippen MR) is 113 cm³/mol. The van der Waals surface area contributed by atoms with Crippen LogP contribution in [0.2, 0.25) is 0 Å². The number of nitrogens with zero attached hydrogens (tertiary/aromatic N) is 2. The topological polar surface area (TPSA) is 75.4 Å². The van der Waals surface area contributed by atoms with Crippen molar-refractivity contribution in [1.82, 2.24) is 15.4 Å². The smallest absolute Gasteiger partial charge is 0.259 e. The van der Waals surface area contributed by atoms with E-state index in [-0.39, 0.29) is 29.6 Å². The maximum Gasteiger partial charge on any atom is 0.259 e. The fourth-order valence-corrected chi connectivity index (χ4v) is 5.04. The maximum atomic E-state index is 13.5. The van der Waals surface area contributed by atoms with E-state index >= 15 is 0 Å². The SMILES string of the molecule is CCCC(c1cccc2c1C(=O)NC2=O)N1CCC(c2noc3cc(F)ccc23)CC1. The molecule has 3 aromatic rings. The fourth-order valence-electron chi connectivity index (χ4n) is 5.04. The minimum absolute atomic E-state index is 0.0840.